The van der Waals surface area contributed by atoms with Gasteiger partial charge in [-0.15, -0.1) is 0 Å². The average molecular weight is 298 g/mol. The molecule has 1 aromatic rings. The number of Topliss-reactive ketones (excluding diaryl/α,β-unsaturated/α-hetero) is 1. The first kappa shape index (κ1) is 17.7. The molecule has 0 spiro atoms. The molecule has 0 aliphatic rings. The molecule has 0 aliphatic carbocycles. The highest BCUT2D eigenvalue weighted by atomic mass is 19.2. The van der Waals surface area contributed by atoms with Gasteiger partial charge in [-0.05, 0) is 52.7 Å². The molecule has 2 atom stereocenters. The summed E-state index contributed by atoms with van der Waals surface area (Å²) in [7, 11) is 3.96. The summed E-state index contributed by atoms with van der Waals surface area (Å²) in [5, 5.41) is 0. The van der Waals surface area contributed by atoms with Crippen LogP contribution in [0.25, 0.3) is 0 Å². The number of hydrogen-bond donors (Lipinski definition) is 0. The van der Waals surface area contributed by atoms with Crippen molar-refractivity contribution >= 4 is 5.78 Å². The van der Waals surface area contributed by atoms with Crippen LogP contribution in [-0.2, 0) is 0 Å². The Bertz CT molecular complexity index is 491. The molecule has 0 aliphatic heterocycles. The molecule has 0 aromatic heterocycles. The number of carbonyl (C=O) groups is 1. The predicted octanol–water partition coefficient (Wildman–Crippen LogP) is 2.81. The molecule has 0 amide bonds. The topological polar surface area (TPSA) is 23.6 Å². The second kappa shape index (κ2) is 7.61. The van der Waals surface area contributed by atoms with E-state index in [9.17, 15) is 13.6 Å². The minimum Gasteiger partial charge on any atom is -0.308 e. The number of likely N-dealkylation sites (N-methyl/N-ethyl adjacent to an activating group) is 2. The van der Waals surface area contributed by atoms with Crippen LogP contribution in [0, 0.1) is 11.6 Å². The number of ketones is 1. The molecule has 2 unspecified atom stereocenters. The smallest absolute Gasteiger partial charge is 0.179 e. The lowest BCUT2D eigenvalue weighted by Gasteiger charge is -2.34. The first-order valence-corrected chi connectivity index (χ1v) is 7.17. The highest BCUT2D eigenvalue weighted by Crippen LogP contribution is 2.15. The van der Waals surface area contributed by atoms with Crippen molar-refractivity contribution in [2.45, 2.75) is 32.9 Å². The van der Waals surface area contributed by atoms with Gasteiger partial charge in [0.15, 0.2) is 17.4 Å². The Balaban J connectivity index is 2.90. The van der Waals surface area contributed by atoms with Crippen LogP contribution in [0.3, 0.4) is 0 Å². The lowest BCUT2D eigenvalue weighted by atomic mass is 10.0. The van der Waals surface area contributed by atoms with E-state index in [1.54, 1.807) is 6.92 Å². The second-order valence-corrected chi connectivity index (χ2v) is 5.61. The molecule has 3 nitrogen and oxygen atoms in total. The summed E-state index contributed by atoms with van der Waals surface area (Å²) in [4.78, 5) is 16.6. The Hall–Kier alpha value is -1.33. The van der Waals surface area contributed by atoms with E-state index in [0.29, 0.717) is 6.54 Å². The van der Waals surface area contributed by atoms with Crippen molar-refractivity contribution in [1.82, 2.24) is 9.80 Å². The van der Waals surface area contributed by atoms with Gasteiger partial charge in [-0.3, -0.25) is 9.69 Å². The molecule has 0 heterocycles. The number of nitrogens with zero attached hydrogens (tertiary/aromatic N) is 2. The molecule has 5 heteroatoms. The molecular weight excluding hydrogens is 274 g/mol. The van der Waals surface area contributed by atoms with Gasteiger partial charge >= 0.3 is 0 Å². The van der Waals surface area contributed by atoms with E-state index >= 15 is 0 Å². The molecular formula is C16H24F2N2O. The van der Waals surface area contributed by atoms with Crippen molar-refractivity contribution in [3.63, 3.8) is 0 Å². The van der Waals surface area contributed by atoms with Crippen molar-refractivity contribution in [2.24, 2.45) is 0 Å². The Kier molecular flexibility index (Phi) is 6.42. The van der Waals surface area contributed by atoms with E-state index in [1.807, 2.05) is 21.0 Å². The van der Waals surface area contributed by atoms with E-state index in [2.05, 4.69) is 16.7 Å². The van der Waals surface area contributed by atoms with Crippen LogP contribution >= 0.6 is 0 Å². The summed E-state index contributed by atoms with van der Waals surface area (Å²) >= 11 is 0. The van der Waals surface area contributed by atoms with E-state index in [-0.39, 0.29) is 23.4 Å². The highest BCUT2D eigenvalue weighted by Gasteiger charge is 2.26. The van der Waals surface area contributed by atoms with Gasteiger partial charge in [0, 0.05) is 18.2 Å². The van der Waals surface area contributed by atoms with Crippen LogP contribution < -0.4 is 0 Å². The summed E-state index contributed by atoms with van der Waals surface area (Å²) < 4.78 is 26.2. The maximum absolute atomic E-state index is 13.3. The lowest BCUT2D eigenvalue weighted by molar-refractivity contribution is 0.0756. The predicted molar refractivity (Wildman–Crippen MR) is 80.5 cm³/mol. The standard InChI is InChI=1S/C16H24F2N2O/c1-6-20(11(2)10-19(4)5)12(3)16(21)13-7-8-14(17)15(18)9-13/h7-9,11-12H,6,10H2,1-5H3. The van der Waals surface area contributed by atoms with Crippen molar-refractivity contribution < 1.29 is 13.6 Å². The van der Waals surface area contributed by atoms with Crippen LogP contribution in [0.15, 0.2) is 18.2 Å². The molecule has 0 saturated heterocycles. The summed E-state index contributed by atoms with van der Waals surface area (Å²) in [5.41, 5.74) is 0.205. The van der Waals surface area contributed by atoms with E-state index in [0.717, 1.165) is 18.7 Å². The third-order valence-electron chi connectivity index (χ3n) is 3.64. The molecule has 0 radical (unpaired) electrons. The number of rotatable bonds is 7. The van der Waals surface area contributed by atoms with Gasteiger partial charge in [0.2, 0.25) is 0 Å². The molecule has 0 saturated carbocycles. The fourth-order valence-electron chi connectivity index (χ4n) is 2.64. The molecule has 0 fully saturated rings. The minimum atomic E-state index is -0.988. The van der Waals surface area contributed by atoms with Gasteiger partial charge in [-0.2, -0.15) is 0 Å². The van der Waals surface area contributed by atoms with E-state index < -0.39 is 11.6 Å². The average Bonchev–Trinajstić information content (AvgIpc) is 2.40. The minimum absolute atomic E-state index is 0.189. The van der Waals surface area contributed by atoms with Gasteiger partial charge < -0.3 is 4.90 Å². The number of carbonyl (C=O) groups excluding carboxylic acids is 1. The van der Waals surface area contributed by atoms with E-state index in [4.69, 9.17) is 0 Å². The first-order valence-electron chi connectivity index (χ1n) is 7.17. The molecule has 1 aromatic carbocycles. The third kappa shape index (κ3) is 4.58. The number of halogens is 2. The summed E-state index contributed by atoms with van der Waals surface area (Å²) in [6.07, 6.45) is 0. The maximum atomic E-state index is 13.3. The second-order valence-electron chi connectivity index (χ2n) is 5.61. The van der Waals surface area contributed by atoms with Gasteiger partial charge in [-0.1, -0.05) is 6.92 Å². The number of hydrogen-bond acceptors (Lipinski definition) is 3. The molecule has 118 valence electrons. The molecule has 0 bridgehead atoms. The largest absolute Gasteiger partial charge is 0.308 e. The van der Waals surface area contributed by atoms with Crippen molar-refractivity contribution in [2.75, 3.05) is 27.2 Å². The molecule has 1 rings (SSSR count). The van der Waals surface area contributed by atoms with Gasteiger partial charge in [0.1, 0.15) is 0 Å². The van der Waals surface area contributed by atoms with Gasteiger partial charge in [-0.25, -0.2) is 8.78 Å². The van der Waals surface area contributed by atoms with Crippen LogP contribution in [0.1, 0.15) is 31.1 Å². The zero-order valence-corrected chi connectivity index (χ0v) is 13.4. The van der Waals surface area contributed by atoms with Crippen molar-refractivity contribution in [3.05, 3.63) is 35.4 Å². The van der Waals surface area contributed by atoms with Crippen LogP contribution in [0.4, 0.5) is 8.78 Å². The van der Waals surface area contributed by atoms with Gasteiger partial charge in [0.25, 0.3) is 0 Å². The van der Waals surface area contributed by atoms with Crippen LogP contribution in [0.5, 0.6) is 0 Å². The van der Waals surface area contributed by atoms with Gasteiger partial charge in [0.05, 0.1) is 6.04 Å². The first-order chi connectivity index (χ1) is 9.77. The zero-order valence-electron chi connectivity index (χ0n) is 13.4. The third-order valence-corrected chi connectivity index (χ3v) is 3.64. The summed E-state index contributed by atoms with van der Waals surface area (Å²) in [6.45, 7) is 7.38. The highest BCUT2D eigenvalue weighted by molar-refractivity contribution is 5.99. The Labute approximate surface area is 125 Å². The Morgan fingerprint density at radius 2 is 1.81 bits per heavy atom. The molecule has 0 N–H and O–H groups in total. The maximum Gasteiger partial charge on any atom is 0.179 e. The zero-order chi connectivity index (χ0) is 16.2. The number of benzene rings is 1. The van der Waals surface area contributed by atoms with E-state index in [1.165, 1.54) is 6.07 Å². The fraction of sp³-hybridized carbons (Fsp3) is 0.562. The van der Waals surface area contributed by atoms with Crippen molar-refractivity contribution in [3.8, 4) is 0 Å². The summed E-state index contributed by atoms with van der Waals surface area (Å²) in [5.74, 6) is -2.12. The van der Waals surface area contributed by atoms with Crippen molar-refractivity contribution in [1.29, 1.82) is 0 Å². The normalized spacial score (nSPS) is 14.5. The lowest BCUT2D eigenvalue weighted by Crippen LogP contribution is -2.48. The summed E-state index contributed by atoms with van der Waals surface area (Å²) in [6, 6.07) is 3.11. The SMILES string of the molecule is CCN(C(C)CN(C)C)C(C)C(=O)c1ccc(F)c(F)c1. The quantitative estimate of drug-likeness (QED) is 0.723. The Morgan fingerprint density at radius 3 is 2.29 bits per heavy atom. The Morgan fingerprint density at radius 1 is 1.19 bits per heavy atom. The monoisotopic (exact) mass is 298 g/mol. The fourth-order valence-corrected chi connectivity index (χ4v) is 2.64. The molecule has 21 heavy (non-hydrogen) atoms. The van der Waals surface area contributed by atoms with Crippen LogP contribution in [0.2, 0.25) is 0 Å². The van der Waals surface area contributed by atoms with Crippen LogP contribution in [-0.4, -0.2) is 54.9 Å².